The minimum absolute atomic E-state index is 0. The van der Waals surface area contributed by atoms with Crippen molar-refractivity contribution in [1.82, 2.24) is 0 Å². The maximum atomic E-state index is 13.3. The molecule has 1 aliphatic heterocycles. The average Bonchev–Trinajstić information content (AvgIpc) is 2.82. The van der Waals surface area contributed by atoms with Gasteiger partial charge >= 0.3 is 0 Å². The molecular weight excluding hydrogens is 460 g/mol. The van der Waals surface area contributed by atoms with Crippen molar-refractivity contribution in [1.29, 1.82) is 0 Å². The molecule has 3 N–H and O–H groups in total. The Bertz CT molecular complexity index is 825. The first-order valence-corrected chi connectivity index (χ1v) is 8.93. The maximum absolute atomic E-state index is 13.3. The molecule has 0 saturated heterocycles. The Kier molecular flexibility index (Phi) is 6.41. The van der Waals surface area contributed by atoms with Gasteiger partial charge in [0.15, 0.2) is 17.5 Å². The number of nitrogens with one attached hydrogen (secondary N) is 1. The number of rotatable bonds is 3. The number of ether oxygens (including phenoxy) is 2. The third-order valence-electron chi connectivity index (χ3n) is 4.77. The van der Waals surface area contributed by atoms with E-state index < -0.39 is 0 Å². The zero-order chi connectivity index (χ0) is 17.9. The summed E-state index contributed by atoms with van der Waals surface area (Å²) in [5.74, 6) is 2.01. The van der Waals surface area contributed by atoms with Crippen LogP contribution < -0.4 is 20.5 Å². The normalized spacial score (nSPS) is 21.4. The van der Waals surface area contributed by atoms with Gasteiger partial charge < -0.3 is 20.5 Å². The van der Waals surface area contributed by atoms with Gasteiger partial charge in [-0.2, -0.15) is 0 Å². The fraction of sp³-hybridized carbons (Fsp3) is 0.350. The number of benzene rings is 2. The summed E-state index contributed by atoms with van der Waals surface area (Å²) < 4.78 is 24.6. The van der Waals surface area contributed by atoms with E-state index in [4.69, 9.17) is 15.2 Å². The highest BCUT2D eigenvalue weighted by Gasteiger charge is 2.30. The summed E-state index contributed by atoms with van der Waals surface area (Å²) in [6, 6.07) is 12.6. The molecule has 144 valence electrons. The van der Waals surface area contributed by atoms with E-state index >= 15 is 0 Å². The number of nitrogens with zero attached hydrogens (tertiary/aromatic N) is 1. The van der Waals surface area contributed by atoms with E-state index in [0.29, 0.717) is 25.1 Å². The standard InChI is InChI=1S/C20H22FN3O2.HI/c21-15-4-1-3-13(9-15)14-10-17(11-14)24-20(22)23-16-5-6-18-19(12-16)26-8-2-7-25-18;/h1,3-6,9,12,14,17H,2,7-8,10-11H2,(H3,22,23,24);1H. The highest BCUT2D eigenvalue weighted by atomic mass is 127. The molecule has 27 heavy (non-hydrogen) atoms. The van der Waals surface area contributed by atoms with Crippen LogP contribution in [0.1, 0.15) is 30.7 Å². The topological polar surface area (TPSA) is 68.9 Å². The number of anilines is 1. The molecule has 1 heterocycles. The number of aliphatic imine (C=N–C) groups is 1. The summed E-state index contributed by atoms with van der Waals surface area (Å²) in [7, 11) is 0. The third-order valence-corrected chi connectivity index (χ3v) is 4.77. The SMILES string of the molecule is I.NC(=NC1CC(c2cccc(F)c2)C1)Nc1ccc2c(c1)OCCCO2. The van der Waals surface area contributed by atoms with Crippen molar-refractivity contribution in [3.05, 3.63) is 53.8 Å². The quantitative estimate of drug-likeness (QED) is 0.389. The largest absolute Gasteiger partial charge is 0.490 e. The Morgan fingerprint density at radius 1 is 1.07 bits per heavy atom. The summed E-state index contributed by atoms with van der Waals surface area (Å²) >= 11 is 0. The molecule has 0 unspecified atom stereocenters. The van der Waals surface area contributed by atoms with Gasteiger partial charge in [0.2, 0.25) is 0 Å². The summed E-state index contributed by atoms with van der Waals surface area (Å²) in [4.78, 5) is 4.52. The molecule has 1 saturated carbocycles. The molecule has 2 aromatic carbocycles. The molecule has 7 heteroatoms. The Hall–Kier alpha value is -2.03. The molecular formula is C20H23FIN3O2. The first-order valence-electron chi connectivity index (χ1n) is 8.93. The van der Waals surface area contributed by atoms with E-state index in [2.05, 4.69) is 10.3 Å². The summed E-state index contributed by atoms with van der Waals surface area (Å²) in [5, 5.41) is 3.11. The molecule has 1 aliphatic carbocycles. The van der Waals surface area contributed by atoms with E-state index in [-0.39, 0.29) is 35.8 Å². The van der Waals surface area contributed by atoms with Crippen molar-refractivity contribution < 1.29 is 13.9 Å². The third kappa shape index (κ3) is 4.82. The van der Waals surface area contributed by atoms with Crippen molar-refractivity contribution in [3.8, 4) is 11.5 Å². The van der Waals surface area contributed by atoms with Crippen molar-refractivity contribution in [3.63, 3.8) is 0 Å². The Morgan fingerprint density at radius 2 is 1.85 bits per heavy atom. The van der Waals surface area contributed by atoms with Gasteiger partial charge in [-0.25, -0.2) is 9.38 Å². The summed E-state index contributed by atoms with van der Waals surface area (Å²) in [6.07, 6.45) is 2.63. The number of halogens is 2. The van der Waals surface area contributed by atoms with Crippen molar-refractivity contribution in [2.24, 2.45) is 10.7 Å². The predicted molar refractivity (Wildman–Crippen MR) is 115 cm³/mol. The molecule has 0 bridgehead atoms. The molecule has 0 atom stereocenters. The Labute approximate surface area is 175 Å². The van der Waals surface area contributed by atoms with Crippen LogP contribution in [0.25, 0.3) is 0 Å². The minimum Gasteiger partial charge on any atom is -0.490 e. The van der Waals surface area contributed by atoms with Crippen molar-refractivity contribution in [2.45, 2.75) is 31.2 Å². The molecule has 4 rings (SSSR count). The molecule has 0 spiro atoms. The maximum Gasteiger partial charge on any atom is 0.193 e. The van der Waals surface area contributed by atoms with Gasteiger partial charge in [-0.1, -0.05) is 12.1 Å². The first-order chi connectivity index (χ1) is 12.7. The van der Waals surface area contributed by atoms with Crippen molar-refractivity contribution in [2.75, 3.05) is 18.5 Å². The van der Waals surface area contributed by atoms with Crippen LogP contribution in [0.5, 0.6) is 11.5 Å². The lowest BCUT2D eigenvalue weighted by molar-refractivity contribution is 0.297. The van der Waals surface area contributed by atoms with Crippen LogP contribution in [-0.2, 0) is 0 Å². The second-order valence-electron chi connectivity index (χ2n) is 6.73. The lowest BCUT2D eigenvalue weighted by atomic mass is 9.76. The smallest absolute Gasteiger partial charge is 0.193 e. The van der Waals surface area contributed by atoms with Gasteiger partial charge in [0, 0.05) is 18.2 Å². The van der Waals surface area contributed by atoms with E-state index in [9.17, 15) is 4.39 Å². The fourth-order valence-corrected chi connectivity index (χ4v) is 3.34. The predicted octanol–water partition coefficient (Wildman–Crippen LogP) is 4.28. The Morgan fingerprint density at radius 3 is 2.63 bits per heavy atom. The van der Waals surface area contributed by atoms with Gasteiger partial charge in [0.05, 0.1) is 19.3 Å². The second kappa shape index (κ2) is 8.77. The highest BCUT2D eigenvalue weighted by Crippen LogP contribution is 2.39. The van der Waals surface area contributed by atoms with Gasteiger partial charge in [-0.15, -0.1) is 24.0 Å². The lowest BCUT2D eigenvalue weighted by Crippen LogP contribution is -2.31. The van der Waals surface area contributed by atoms with Crippen LogP contribution >= 0.6 is 24.0 Å². The van der Waals surface area contributed by atoms with E-state index in [1.807, 2.05) is 24.3 Å². The van der Waals surface area contributed by atoms with Gasteiger partial charge in [0.1, 0.15) is 5.82 Å². The molecule has 5 nitrogen and oxygen atoms in total. The summed E-state index contributed by atoms with van der Waals surface area (Å²) in [6.45, 7) is 1.31. The highest BCUT2D eigenvalue weighted by molar-refractivity contribution is 14.0. The average molecular weight is 483 g/mol. The van der Waals surface area contributed by atoms with Gasteiger partial charge in [0.25, 0.3) is 0 Å². The van der Waals surface area contributed by atoms with Crippen LogP contribution in [0.4, 0.5) is 10.1 Å². The van der Waals surface area contributed by atoms with Crippen LogP contribution in [-0.4, -0.2) is 25.2 Å². The monoisotopic (exact) mass is 483 g/mol. The zero-order valence-electron chi connectivity index (χ0n) is 14.9. The van der Waals surface area contributed by atoms with Gasteiger partial charge in [-0.05, 0) is 48.6 Å². The number of hydrogen-bond donors (Lipinski definition) is 2. The number of fused-ring (bicyclic) bond motifs is 1. The molecule has 2 aliphatic rings. The summed E-state index contributed by atoms with van der Waals surface area (Å²) in [5.41, 5.74) is 7.89. The van der Waals surface area contributed by atoms with E-state index in [1.54, 1.807) is 12.1 Å². The lowest BCUT2D eigenvalue weighted by Gasteiger charge is -2.33. The fourth-order valence-electron chi connectivity index (χ4n) is 3.34. The minimum atomic E-state index is -0.190. The second-order valence-corrected chi connectivity index (χ2v) is 6.73. The Balaban J connectivity index is 0.00000210. The van der Waals surface area contributed by atoms with Crippen LogP contribution in [0.3, 0.4) is 0 Å². The molecule has 0 amide bonds. The number of hydrogen-bond acceptors (Lipinski definition) is 3. The number of nitrogens with two attached hydrogens (primary N) is 1. The van der Waals surface area contributed by atoms with E-state index in [0.717, 1.165) is 42.0 Å². The first kappa shape index (κ1) is 19.7. The number of guanidine groups is 1. The molecule has 0 aromatic heterocycles. The van der Waals surface area contributed by atoms with Crippen molar-refractivity contribution >= 4 is 35.6 Å². The van der Waals surface area contributed by atoms with Crippen LogP contribution in [0.2, 0.25) is 0 Å². The van der Waals surface area contributed by atoms with E-state index in [1.165, 1.54) is 6.07 Å². The molecule has 2 aromatic rings. The van der Waals surface area contributed by atoms with Crippen LogP contribution in [0, 0.1) is 5.82 Å². The molecule has 0 radical (unpaired) electrons. The molecule has 1 fully saturated rings. The zero-order valence-corrected chi connectivity index (χ0v) is 17.2. The van der Waals surface area contributed by atoms with Gasteiger partial charge in [-0.3, -0.25) is 0 Å². The van der Waals surface area contributed by atoms with Crippen LogP contribution in [0.15, 0.2) is 47.5 Å².